The van der Waals surface area contributed by atoms with Gasteiger partial charge < -0.3 is 10.1 Å². The van der Waals surface area contributed by atoms with Crippen LogP contribution in [0.5, 0.6) is 5.75 Å². The number of fused-ring (bicyclic) bond motifs is 1. The number of hydrogen-bond donors (Lipinski definition) is 1. The zero-order chi connectivity index (χ0) is 12.3. The summed E-state index contributed by atoms with van der Waals surface area (Å²) in [5, 5.41) is 2.95. The summed E-state index contributed by atoms with van der Waals surface area (Å²) in [6.45, 7) is 1.37. The summed E-state index contributed by atoms with van der Waals surface area (Å²) in [4.78, 5) is 0.415. The van der Waals surface area contributed by atoms with Crippen LogP contribution in [0.1, 0.15) is 12.0 Å². The first-order valence-electron chi connectivity index (χ1n) is 5.76. The van der Waals surface area contributed by atoms with Crippen molar-refractivity contribution in [3.05, 3.63) is 23.8 Å². The Balaban J connectivity index is 2.16. The molecule has 0 aromatic heterocycles. The summed E-state index contributed by atoms with van der Waals surface area (Å²) >= 11 is 0. The van der Waals surface area contributed by atoms with Crippen molar-refractivity contribution in [3.63, 3.8) is 0 Å². The Morgan fingerprint density at radius 2 is 2.24 bits per heavy atom. The first-order chi connectivity index (χ1) is 8.13. The van der Waals surface area contributed by atoms with Gasteiger partial charge in [0, 0.05) is 6.42 Å². The molecule has 5 heteroatoms. The SMILES string of the molecule is CNCCCS(=O)(=O)c1ccc2c(c1)CCO2. The van der Waals surface area contributed by atoms with Crippen LogP contribution < -0.4 is 10.1 Å². The monoisotopic (exact) mass is 255 g/mol. The summed E-state index contributed by atoms with van der Waals surface area (Å²) in [6, 6.07) is 5.14. The Labute approximate surface area is 102 Å². The Morgan fingerprint density at radius 3 is 3.00 bits per heavy atom. The minimum Gasteiger partial charge on any atom is -0.493 e. The molecule has 1 aliphatic rings. The second-order valence-electron chi connectivity index (χ2n) is 4.14. The molecule has 17 heavy (non-hydrogen) atoms. The van der Waals surface area contributed by atoms with Crippen molar-refractivity contribution in [1.82, 2.24) is 5.32 Å². The molecule has 0 fully saturated rings. The molecule has 1 aromatic carbocycles. The number of rotatable bonds is 5. The summed E-state index contributed by atoms with van der Waals surface area (Å²) in [6.07, 6.45) is 1.43. The van der Waals surface area contributed by atoms with E-state index >= 15 is 0 Å². The molecule has 0 radical (unpaired) electrons. The van der Waals surface area contributed by atoms with Gasteiger partial charge in [-0.1, -0.05) is 0 Å². The second kappa shape index (κ2) is 5.06. The van der Waals surface area contributed by atoms with Gasteiger partial charge in [-0.2, -0.15) is 0 Å². The van der Waals surface area contributed by atoms with Crippen molar-refractivity contribution in [1.29, 1.82) is 0 Å². The van der Waals surface area contributed by atoms with E-state index in [-0.39, 0.29) is 5.75 Å². The molecule has 94 valence electrons. The van der Waals surface area contributed by atoms with Crippen LogP contribution in [0.2, 0.25) is 0 Å². The molecule has 1 aliphatic heterocycles. The van der Waals surface area contributed by atoms with E-state index in [9.17, 15) is 8.42 Å². The Morgan fingerprint density at radius 1 is 1.41 bits per heavy atom. The first kappa shape index (κ1) is 12.4. The van der Waals surface area contributed by atoms with E-state index in [0.717, 1.165) is 17.7 Å². The molecule has 0 saturated heterocycles. The number of ether oxygens (including phenoxy) is 1. The molecule has 0 spiro atoms. The van der Waals surface area contributed by atoms with E-state index in [4.69, 9.17) is 4.74 Å². The number of sulfone groups is 1. The molecule has 0 amide bonds. The third-order valence-electron chi connectivity index (χ3n) is 2.86. The first-order valence-corrected chi connectivity index (χ1v) is 7.42. The van der Waals surface area contributed by atoms with Gasteiger partial charge in [-0.15, -0.1) is 0 Å². The van der Waals surface area contributed by atoms with Gasteiger partial charge in [-0.05, 0) is 43.8 Å². The minimum absolute atomic E-state index is 0.188. The highest BCUT2D eigenvalue weighted by Gasteiger charge is 2.18. The quantitative estimate of drug-likeness (QED) is 0.798. The molecule has 4 nitrogen and oxygen atoms in total. The number of hydrogen-bond acceptors (Lipinski definition) is 4. The topological polar surface area (TPSA) is 55.4 Å². The number of benzene rings is 1. The van der Waals surface area contributed by atoms with Gasteiger partial charge in [-0.3, -0.25) is 0 Å². The minimum atomic E-state index is -3.15. The Kier molecular flexibility index (Phi) is 3.69. The van der Waals surface area contributed by atoms with Crippen LogP contribution in [-0.2, 0) is 16.3 Å². The summed E-state index contributed by atoms with van der Waals surface area (Å²) in [5.74, 6) is 1.01. The predicted molar refractivity (Wildman–Crippen MR) is 66.2 cm³/mol. The van der Waals surface area contributed by atoms with Gasteiger partial charge in [0.15, 0.2) is 9.84 Å². The van der Waals surface area contributed by atoms with Gasteiger partial charge in [0.25, 0.3) is 0 Å². The van der Waals surface area contributed by atoms with Crippen molar-refractivity contribution in [2.75, 3.05) is 26.0 Å². The van der Waals surface area contributed by atoms with E-state index < -0.39 is 9.84 Å². The van der Waals surface area contributed by atoms with E-state index in [1.807, 2.05) is 7.05 Å². The highest BCUT2D eigenvalue weighted by molar-refractivity contribution is 7.91. The van der Waals surface area contributed by atoms with Gasteiger partial charge in [0.05, 0.1) is 17.3 Å². The van der Waals surface area contributed by atoms with Crippen LogP contribution in [0, 0.1) is 0 Å². The Bertz CT molecular complexity index is 496. The maximum Gasteiger partial charge on any atom is 0.178 e. The van der Waals surface area contributed by atoms with Crippen LogP contribution in [0.15, 0.2) is 23.1 Å². The lowest BCUT2D eigenvalue weighted by Crippen LogP contribution is -2.14. The second-order valence-corrected chi connectivity index (χ2v) is 6.25. The van der Waals surface area contributed by atoms with Gasteiger partial charge in [0.1, 0.15) is 5.75 Å². The average Bonchev–Trinajstić information content (AvgIpc) is 2.76. The maximum absolute atomic E-state index is 12.0. The van der Waals surface area contributed by atoms with E-state index in [1.54, 1.807) is 18.2 Å². The summed E-state index contributed by atoms with van der Waals surface area (Å²) < 4.78 is 29.4. The highest BCUT2D eigenvalue weighted by atomic mass is 32.2. The van der Waals surface area contributed by atoms with Crippen molar-refractivity contribution in [2.45, 2.75) is 17.7 Å². The largest absolute Gasteiger partial charge is 0.493 e. The molecular weight excluding hydrogens is 238 g/mol. The zero-order valence-electron chi connectivity index (χ0n) is 9.90. The molecule has 0 aliphatic carbocycles. The third-order valence-corrected chi connectivity index (χ3v) is 4.66. The van der Waals surface area contributed by atoms with Crippen molar-refractivity contribution >= 4 is 9.84 Å². The summed E-state index contributed by atoms with van der Waals surface area (Å²) in [7, 11) is -1.33. The maximum atomic E-state index is 12.0. The Hall–Kier alpha value is -1.07. The fraction of sp³-hybridized carbons (Fsp3) is 0.500. The van der Waals surface area contributed by atoms with Gasteiger partial charge >= 0.3 is 0 Å². The normalized spacial score (nSPS) is 14.4. The molecule has 2 rings (SSSR count). The predicted octanol–water partition coefficient (Wildman–Crippen LogP) is 1.00. The van der Waals surface area contributed by atoms with Crippen LogP contribution >= 0.6 is 0 Å². The standard InChI is InChI=1S/C12H17NO3S/c1-13-6-2-8-17(14,15)11-3-4-12-10(9-11)5-7-16-12/h3-4,9,13H,2,5-8H2,1H3. The fourth-order valence-electron chi connectivity index (χ4n) is 1.91. The lowest BCUT2D eigenvalue weighted by molar-refractivity contribution is 0.356. The lowest BCUT2D eigenvalue weighted by atomic mass is 10.2. The van der Waals surface area contributed by atoms with Crippen LogP contribution in [0.4, 0.5) is 0 Å². The number of nitrogens with one attached hydrogen (secondary N) is 1. The van der Waals surface area contributed by atoms with Crippen molar-refractivity contribution in [2.24, 2.45) is 0 Å². The summed E-state index contributed by atoms with van der Waals surface area (Å²) in [5.41, 5.74) is 1.000. The molecule has 1 heterocycles. The molecular formula is C12H17NO3S. The molecule has 1 N–H and O–H groups in total. The highest BCUT2D eigenvalue weighted by Crippen LogP contribution is 2.28. The van der Waals surface area contributed by atoms with Crippen molar-refractivity contribution in [3.8, 4) is 5.75 Å². The zero-order valence-corrected chi connectivity index (χ0v) is 10.7. The molecule has 0 bridgehead atoms. The molecule has 0 saturated carbocycles. The lowest BCUT2D eigenvalue weighted by Gasteiger charge is -2.06. The van der Waals surface area contributed by atoms with Gasteiger partial charge in [-0.25, -0.2) is 8.42 Å². The van der Waals surface area contributed by atoms with Crippen LogP contribution in [-0.4, -0.2) is 34.4 Å². The van der Waals surface area contributed by atoms with Crippen LogP contribution in [0.3, 0.4) is 0 Å². The fourth-order valence-corrected chi connectivity index (χ4v) is 3.27. The molecule has 0 unspecified atom stereocenters. The van der Waals surface area contributed by atoms with E-state index in [0.29, 0.717) is 24.5 Å². The van der Waals surface area contributed by atoms with Crippen LogP contribution in [0.25, 0.3) is 0 Å². The van der Waals surface area contributed by atoms with Gasteiger partial charge in [0.2, 0.25) is 0 Å². The smallest absolute Gasteiger partial charge is 0.178 e. The molecule has 0 atom stereocenters. The average molecular weight is 255 g/mol. The molecule has 1 aromatic rings. The third kappa shape index (κ3) is 2.79. The van der Waals surface area contributed by atoms with E-state index in [1.165, 1.54) is 0 Å². The van der Waals surface area contributed by atoms with Crippen molar-refractivity contribution < 1.29 is 13.2 Å². The van der Waals surface area contributed by atoms with E-state index in [2.05, 4.69) is 5.32 Å².